The van der Waals surface area contributed by atoms with Crippen molar-refractivity contribution in [2.75, 3.05) is 13.0 Å². The molecule has 0 bridgehead atoms. The SMILES string of the molecule is COc1ccc(C(O)CCCCl)cc1Br. The number of benzene rings is 1. The fourth-order valence-electron chi connectivity index (χ4n) is 1.33. The minimum absolute atomic E-state index is 0.453. The van der Waals surface area contributed by atoms with Gasteiger partial charge >= 0.3 is 0 Å². The molecule has 0 heterocycles. The van der Waals surface area contributed by atoms with Gasteiger partial charge in [0.05, 0.1) is 17.7 Å². The van der Waals surface area contributed by atoms with Gasteiger partial charge in [0.15, 0.2) is 0 Å². The monoisotopic (exact) mass is 292 g/mol. The molecule has 0 aromatic heterocycles. The van der Waals surface area contributed by atoms with E-state index in [0.717, 1.165) is 22.2 Å². The Kier molecular flexibility index (Phi) is 5.43. The quantitative estimate of drug-likeness (QED) is 0.842. The number of hydrogen-bond acceptors (Lipinski definition) is 2. The van der Waals surface area contributed by atoms with E-state index in [9.17, 15) is 5.11 Å². The molecule has 1 aromatic carbocycles. The van der Waals surface area contributed by atoms with Gasteiger partial charge in [-0.3, -0.25) is 0 Å². The lowest BCUT2D eigenvalue weighted by Gasteiger charge is -2.11. The highest BCUT2D eigenvalue weighted by atomic mass is 79.9. The van der Waals surface area contributed by atoms with Crippen LogP contribution >= 0.6 is 27.5 Å². The predicted molar refractivity (Wildman–Crippen MR) is 65.6 cm³/mol. The molecule has 1 N–H and O–H groups in total. The summed E-state index contributed by atoms with van der Waals surface area (Å²) in [5.41, 5.74) is 0.882. The number of rotatable bonds is 5. The van der Waals surface area contributed by atoms with E-state index in [-0.39, 0.29) is 0 Å². The lowest BCUT2D eigenvalue weighted by molar-refractivity contribution is 0.166. The van der Waals surface area contributed by atoms with Crippen molar-refractivity contribution in [3.8, 4) is 5.75 Å². The van der Waals surface area contributed by atoms with Gasteiger partial charge in [0.2, 0.25) is 0 Å². The van der Waals surface area contributed by atoms with E-state index in [4.69, 9.17) is 16.3 Å². The average molecular weight is 294 g/mol. The van der Waals surface area contributed by atoms with E-state index in [1.807, 2.05) is 18.2 Å². The molecule has 0 saturated carbocycles. The largest absolute Gasteiger partial charge is 0.496 e. The van der Waals surface area contributed by atoms with Crippen LogP contribution in [-0.2, 0) is 0 Å². The van der Waals surface area contributed by atoms with Crippen molar-refractivity contribution in [1.29, 1.82) is 0 Å². The Morgan fingerprint density at radius 2 is 2.27 bits per heavy atom. The molecular weight excluding hydrogens is 279 g/mol. The number of halogens is 2. The first-order valence-electron chi connectivity index (χ1n) is 4.76. The average Bonchev–Trinajstić information content (AvgIpc) is 2.25. The van der Waals surface area contributed by atoms with Crippen molar-refractivity contribution in [2.24, 2.45) is 0 Å². The molecule has 0 saturated heterocycles. The summed E-state index contributed by atoms with van der Waals surface area (Å²) in [4.78, 5) is 0. The van der Waals surface area contributed by atoms with Gasteiger partial charge in [-0.1, -0.05) is 6.07 Å². The van der Waals surface area contributed by atoms with Crippen LogP contribution in [0, 0.1) is 0 Å². The van der Waals surface area contributed by atoms with Gasteiger partial charge in [0, 0.05) is 5.88 Å². The Hall–Kier alpha value is -0.250. The summed E-state index contributed by atoms with van der Waals surface area (Å²) in [6.45, 7) is 0. The Labute approximate surface area is 103 Å². The molecule has 1 atom stereocenters. The van der Waals surface area contributed by atoms with Gasteiger partial charge in [-0.05, 0) is 46.5 Å². The molecular formula is C11H14BrClO2. The van der Waals surface area contributed by atoms with E-state index < -0.39 is 6.10 Å². The van der Waals surface area contributed by atoms with Crippen LogP contribution in [0.4, 0.5) is 0 Å². The van der Waals surface area contributed by atoms with Gasteiger partial charge < -0.3 is 9.84 Å². The summed E-state index contributed by atoms with van der Waals surface area (Å²) in [5, 5.41) is 9.82. The maximum Gasteiger partial charge on any atom is 0.133 e. The van der Waals surface area contributed by atoms with Crippen molar-refractivity contribution < 1.29 is 9.84 Å². The summed E-state index contributed by atoms with van der Waals surface area (Å²) in [6, 6.07) is 5.57. The summed E-state index contributed by atoms with van der Waals surface area (Å²) < 4.78 is 5.97. The zero-order chi connectivity index (χ0) is 11.3. The second kappa shape index (κ2) is 6.36. The lowest BCUT2D eigenvalue weighted by Crippen LogP contribution is -1.98. The van der Waals surface area contributed by atoms with E-state index >= 15 is 0 Å². The van der Waals surface area contributed by atoms with Crippen molar-refractivity contribution >= 4 is 27.5 Å². The van der Waals surface area contributed by atoms with Crippen molar-refractivity contribution in [3.63, 3.8) is 0 Å². The molecule has 0 aliphatic rings. The third kappa shape index (κ3) is 3.67. The van der Waals surface area contributed by atoms with Gasteiger partial charge in [-0.15, -0.1) is 11.6 Å². The van der Waals surface area contributed by atoms with E-state index in [1.165, 1.54) is 0 Å². The highest BCUT2D eigenvalue weighted by Crippen LogP contribution is 2.29. The fraction of sp³-hybridized carbons (Fsp3) is 0.455. The third-order valence-electron chi connectivity index (χ3n) is 2.17. The third-order valence-corrected chi connectivity index (χ3v) is 3.06. The summed E-state index contributed by atoms with van der Waals surface area (Å²) in [6.07, 6.45) is 1.04. The number of aliphatic hydroxyl groups is 1. The highest BCUT2D eigenvalue weighted by Gasteiger charge is 2.09. The van der Waals surface area contributed by atoms with E-state index in [2.05, 4.69) is 15.9 Å². The second-order valence-corrected chi connectivity index (χ2v) is 4.47. The van der Waals surface area contributed by atoms with Crippen molar-refractivity contribution in [1.82, 2.24) is 0 Å². The highest BCUT2D eigenvalue weighted by molar-refractivity contribution is 9.10. The minimum Gasteiger partial charge on any atom is -0.496 e. The number of alkyl halides is 1. The molecule has 1 unspecified atom stereocenters. The Morgan fingerprint density at radius 3 is 2.80 bits per heavy atom. The summed E-state index contributed by atoms with van der Waals surface area (Å²) in [5.74, 6) is 1.34. The molecule has 0 aliphatic carbocycles. The Balaban J connectivity index is 2.73. The molecule has 1 rings (SSSR count). The summed E-state index contributed by atoms with van der Waals surface area (Å²) >= 11 is 8.95. The minimum atomic E-state index is -0.453. The zero-order valence-corrected chi connectivity index (χ0v) is 10.9. The molecule has 0 amide bonds. The van der Waals surface area contributed by atoms with Crippen LogP contribution in [0.1, 0.15) is 24.5 Å². The topological polar surface area (TPSA) is 29.5 Å². The van der Waals surface area contributed by atoms with Gasteiger partial charge in [-0.25, -0.2) is 0 Å². The molecule has 4 heteroatoms. The Morgan fingerprint density at radius 1 is 1.53 bits per heavy atom. The molecule has 1 aromatic rings. The fourth-order valence-corrected chi connectivity index (χ4v) is 2.04. The van der Waals surface area contributed by atoms with E-state index in [1.54, 1.807) is 7.11 Å². The van der Waals surface area contributed by atoms with Crippen molar-refractivity contribution in [2.45, 2.75) is 18.9 Å². The number of methoxy groups -OCH3 is 1. The van der Waals surface area contributed by atoms with Crippen LogP contribution in [0.15, 0.2) is 22.7 Å². The Bertz CT molecular complexity index is 317. The second-order valence-electron chi connectivity index (χ2n) is 3.24. The van der Waals surface area contributed by atoms with Crippen LogP contribution in [0.5, 0.6) is 5.75 Å². The van der Waals surface area contributed by atoms with Crippen molar-refractivity contribution in [3.05, 3.63) is 28.2 Å². The van der Waals surface area contributed by atoms with Crippen LogP contribution in [0.25, 0.3) is 0 Å². The number of hydrogen-bond donors (Lipinski definition) is 1. The van der Waals surface area contributed by atoms with Crippen LogP contribution in [0.3, 0.4) is 0 Å². The summed E-state index contributed by atoms with van der Waals surface area (Å²) in [7, 11) is 1.61. The van der Waals surface area contributed by atoms with Crippen LogP contribution in [-0.4, -0.2) is 18.1 Å². The smallest absolute Gasteiger partial charge is 0.133 e. The first-order valence-corrected chi connectivity index (χ1v) is 6.09. The molecule has 0 spiro atoms. The van der Waals surface area contributed by atoms with Gasteiger partial charge in [-0.2, -0.15) is 0 Å². The lowest BCUT2D eigenvalue weighted by atomic mass is 10.1. The number of aliphatic hydroxyl groups excluding tert-OH is 1. The first kappa shape index (κ1) is 12.8. The molecule has 0 radical (unpaired) electrons. The molecule has 2 nitrogen and oxygen atoms in total. The predicted octanol–water partition coefficient (Wildman–Crippen LogP) is 3.51. The molecule has 84 valence electrons. The van der Waals surface area contributed by atoms with Gasteiger partial charge in [0.25, 0.3) is 0 Å². The van der Waals surface area contributed by atoms with E-state index in [0.29, 0.717) is 12.3 Å². The van der Waals surface area contributed by atoms with Crippen LogP contribution in [0.2, 0.25) is 0 Å². The normalized spacial score (nSPS) is 12.5. The molecule has 15 heavy (non-hydrogen) atoms. The first-order chi connectivity index (χ1) is 7.19. The zero-order valence-electron chi connectivity index (χ0n) is 8.54. The standard InChI is InChI=1S/C11H14BrClO2/c1-15-11-5-4-8(7-9(11)12)10(14)3-2-6-13/h4-5,7,10,14H,2-3,6H2,1H3. The molecule has 0 aliphatic heterocycles. The number of ether oxygens (including phenoxy) is 1. The van der Waals surface area contributed by atoms with Crippen LogP contribution < -0.4 is 4.74 Å². The van der Waals surface area contributed by atoms with Gasteiger partial charge in [0.1, 0.15) is 5.75 Å². The molecule has 0 fully saturated rings. The maximum atomic E-state index is 9.82. The maximum absolute atomic E-state index is 9.82.